The largest absolute Gasteiger partial charge is 0.506 e. The first-order valence-electron chi connectivity index (χ1n) is 17.5. The molecule has 1 saturated carbocycles. The summed E-state index contributed by atoms with van der Waals surface area (Å²) in [5.74, 6) is 1.00. The Bertz CT molecular complexity index is 1790. The van der Waals surface area contributed by atoms with Crippen LogP contribution in [-0.2, 0) is 22.4 Å². The number of phenols is 1. The van der Waals surface area contributed by atoms with Gasteiger partial charge >= 0.3 is 6.09 Å². The lowest BCUT2D eigenvalue weighted by molar-refractivity contribution is -0.118. The number of hydrogen-bond acceptors (Lipinski definition) is 8. The van der Waals surface area contributed by atoms with Crippen LogP contribution in [0.1, 0.15) is 35.6 Å². The molecule has 260 valence electrons. The van der Waals surface area contributed by atoms with Crippen molar-refractivity contribution < 1.29 is 29.3 Å². The van der Waals surface area contributed by atoms with Gasteiger partial charge < -0.3 is 35.2 Å². The number of aliphatic hydroxyl groups is 1. The van der Waals surface area contributed by atoms with Crippen molar-refractivity contribution in [3.05, 3.63) is 108 Å². The molecule has 2 fully saturated rings. The Morgan fingerprint density at radius 2 is 1.62 bits per heavy atom. The molecule has 0 aromatic heterocycles. The number of nitrogens with one attached hydrogen (secondary N) is 3. The Balaban J connectivity index is 0.803. The van der Waals surface area contributed by atoms with Crippen LogP contribution in [0.5, 0.6) is 11.5 Å². The average molecular weight is 677 g/mol. The molecule has 10 nitrogen and oxygen atoms in total. The fourth-order valence-corrected chi connectivity index (χ4v) is 7.55. The van der Waals surface area contributed by atoms with Crippen molar-refractivity contribution in [3.8, 4) is 22.6 Å². The molecule has 50 heavy (non-hydrogen) atoms. The Morgan fingerprint density at radius 3 is 2.38 bits per heavy atom. The molecule has 2 aliphatic heterocycles. The Kier molecular flexibility index (Phi) is 10.3. The fourth-order valence-electron chi connectivity index (χ4n) is 7.55. The summed E-state index contributed by atoms with van der Waals surface area (Å²) in [6.45, 7) is 3.97. The number of aliphatic hydroxyl groups excluding tert-OH is 1. The quantitative estimate of drug-likeness (QED) is 0.0946. The van der Waals surface area contributed by atoms with Crippen LogP contribution in [0.3, 0.4) is 0 Å². The highest BCUT2D eigenvalue weighted by Crippen LogP contribution is 2.42. The van der Waals surface area contributed by atoms with E-state index >= 15 is 0 Å². The predicted octanol–water partition coefficient (Wildman–Crippen LogP) is 5.76. The van der Waals surface area contributed by atoms with Gasteiger partial charge in [-0.3, -0.25) is 10.1 Å². The number of fused-ring (bicyclic) bond motifs is 2. The SMILES string of the molecule is O=C1COc2c([C@@H](O)CNCCc3ccc(CCN4C[C@H]5C[C@@H](OC(=O)Nc6ccccc6-c6ccccc6)C[C@H]5C4)cc3)ccc(O)c2N1. The standard InChI is InChI=1S/C40H44N4O6/c45-35-15-14-33(39-38(35)43-37(47)25-49-39)36(46)22-41-18-16-26-10-12-27(13-11-26)17-19-44-23-29-20-31(21-30(29)24-44)50-40(48)42-34-9-5-4-8-32(34)28-6-2-1-3-7-28/h1-15,29-31,36,41,45-46H,16-25H2,(H,42,48)(H,43,47)/t29-,30+,31-,36-/m0/s1. The first-order valence-corrected chi connectivity index (χ1v) is 17.5. The third-order valence-corrected chi connectivity index (χ3v) is 10.1. The van der Waals surface area contributed by atoms with Gasteiger partial charge in [0.15, 0.2) is 12.4 Å². The second-order valence-electron chi connectivity index (χ2n) is 13.6. The highest BCUT2D eigenvalue weighted by Gasteiger charge is 2.42. The minimum absolute atomic E-state index is 0.0438. The second kappa shape index (κ2) is 15.3. The van der Waals surface area contributed by atoms with E-state index in [4.69, 9.17) is 9.47 Å². The van der Waals surface area contributed by atoms with Crippen molar-refractivity contribution in [2.45, 2.75) is 37.9 Å². The summed E-state index contributed by atoms with van der Waals surface area (Å²) in [5.41, 5.74) is 6.04. The van der Waals surface area contributed by atoms with Crippen molar-refractivity contribution >= 4 is 23.4 Å². The number of aromatic hydroxyl groups is 1. The van der Waals surface area contributed by atoms with Crippen molar-refractivity contribution in [1.82, 2.24) is 10.2 Å². The minimum atomic E-state index is -0.849. The molecule has 0 spiro atoms. The van der Waals surface area contributed by atoms with Crippen LogP contribution in [-0.4, -0.2) is 72.5 Å². The number of phenolic OH excluding ortho intramolecular Hbond substituents is 1. The Morgan fingerprint density at radius 1 is 0.920 bits per heavy atom. The zero-order chi connectivity index (χ0) is 34.5. The number of anilines is 2. The number of rotatable bonds is 12. The van der Waals surface area contributed by atoms with Gasteiger partial charge in [-0.1, -0.05) is 72.8 Å². The molecule has 0 radical (unpaired) electrons. The maximum absolute atomic E-state index is 12.9. The summed E-state index contributed by atoms with van der Waals surface area (Å²) in [6.07, 6.45) is 2.37. The number of amides is 2. The zero-order valence-corrected chi connectivity index (χ0v) is 28.0. The first kappa shape index (κ1) is 33.6. The van der Waals surface area contributed by atoms with Gasteiger partial charge in [0.05, 0.1) is 11.8 Å². The summed E-state index contributed by atoms with van der Waals surface area (Å²) >= 11 is 0. The summed E-state index contributed by atoms with van der Waals surface area (Å²) in [4.78, 5) is 27.0. The number of likely N-dealkylation sites (tertiary alicyclic amines) is 1. The molecule has 0 unspecified atom stereocenters. The average Bonchev–Trinajstić information content (AvgIpc) is 3.69. The molecule has 4 aromatic carbocycles. The van der Waals surface area contributed by atoms with Gasteiger partial charge in [0, 0.05) is 37.3 Å². The number of hydrogen-bond donors (Lipinski definition) is 5. The van der Waals surface area contributed by atoms with Crippen molar-refractivity contribution in [3.63, 3.8) is 0 Å². The van der Waals surface area contributed by atoms with Crippen LogP contribution in [0.2, 0.25) is 0 Å². The van der Waals surface area contributed by atoms with E-state index in [0.29, 0.717) is 36.2 Å². The molecule has 1 aliphatic carbocycles. The van der Waals surface area contributed by atoms with E-state index < -0.39 is 6.10 Å². The van der Waals surface area contributed by atoms with E-state index in [1.807, 2.05) is 54.6 Å². The predicted molar refractivity (Wildman–Crippen MR) is 192 cm³/mol. The van der Waals surface area contributed by atoms with E-state index in [1.165, 1.54) is 17.2 Å². The number of carbonyl (C=O) groups is 2. The molecule has 3 aliphatic rings. The molecular formula is C40H44N4O6. The van der Waals surface area contributed by atoms with E-state index in [2.05, 4.69) is 45.1 Å². The monoisotopic (exact) mass is 676 g/mol. The lowest BCUT2D eigenvalue weighted by Gasteiger charge is -2.24. The molecule has 10 heteroatoms. The topological polar surface area (TPSA) is 132 Å². The van der Waals surface area contributed by atoms with E-state index in [1.54, 1.807) is 6.07 Å². The third-order valence-electron chi connectivity index (χ3n) is 10.1. The molecule has 7 rings (SSSR count). The maximum Gasteiger partial charge on any atom is 0.411 e. The molecule has 5 N–H and O–H groups in total. The number of benzene rings is 4. The summed E-state index contributed by atoms with van der Waals surface area (Å²) in [6, 6.07) is 29.7. The number of para-hydroxylation sites is 1. The van der Waals surface area contributed by atoms with Crippen LogP contribution >= 0.6 is 0 Å². The van der Waals surface area contributed by atoms with E-state index in [9.17, 15) is 19.8 Å². The van der Waals surface area contributed by atoms with Crippen LogP contribution in [0.4, 0.5) is 16.2 Å². The second-order valence-corrected chi connectivity index (χ2v) is 13.6. The number of carbonyl (C=O) groups excluding carboxylic acids is 2. The van der Waals surface area contributed by atoms with Crippen molar-refractivity contribution in [2.75, 3.05) is 50.0 Å². The van der Waals surface area contributed by atoms with Gasteiger partial charge in [0.2, 0.25) is 0 Å². The van der Waals surface area contributed by atoms with Gasteiger partial charge in [-0.2, -0.15) is 0 Å². The van der Waals surface area contributed by atoms with Gasteiger partial charge in [-0.15, -0.1) is 0 Å². The van der Waals surface area contributed by atoms with E-state index in [0.717, 1.165) is 62.1 Å². The first-order chi connectivity index (χ1) is 24.4. The maximum atomic E-state index is 12.9. The van der Waals surface area contributed by atoms with Gasteiger partial charge in [0.1, 0.15) is 17.5 Å². The molecule has 2 heterocycles. The summed E-state index contributed by atoms with van der Waals surface area (Å²) in [5, 5.41) is 29.7. The van der Waals surface area contributed by atoms with Gasteiger partial charge in [0.25, 0.3) is 5.91 Å². The van der Waals surface area contributed by atoms with Gasteiger partial charge in [-0.25, -0.2) is 4.79 Å². The molecule has 0 bridgehead atoms. The van der Waals surface area contributed by atoms with Crippen LogP contribution < -0.4 is 20.7 Å². The normalized spacial score (nSPS) is 20.3. The summed E-state index contributed by atoms with van der Waals surface area (Å²) < 4.78 is 11.4. The van der Waals surface area contributed by atoms with Crippen molar-refractivity contribution in [2.24, 2.45) is 11.8 Å². The highest BCUT2D eigenvalue weighted by molar-refractivity contribution is 5.97. The molecule has 4 aromatic rings. The summed E-state index contributed by atoms with van der Waals surface area (Å²) in [7, 11) is 0. The van der Waals surface area contributed by atoms with Crippen LogP contribution in [0.15, 0.2) is 91.0 Å². The van der Waals surface area contributed by atoms with Crippen LogP contribution in [0.25, 0.3) is 11.1 Å². The van der Waals surface area contributed by atoms with Crippen molar-refractivity contribution in [1.29, 1.82) is 0 Å². The van der Waals surface area contributed by atoms with Gasteiger partial charge in [-0.05, 0) is 79.0 Å². The highest BCUT2D eigenvalue weighted by atomic mass is 16.6. The lowest BCUT2D eigenvalue weighted by atomic mass is 10.0. The Labute approximate surface area is 292 Å². The number of ether oxygens (including phenoxy) is 2. The smallest absolute Gasteiger partial charge is 0.411 e. The minimum Gasteiger partial charge on any atom is -0.506 e. The molecule has 2 amide bonds. The van der Waals surface area contributed by atoms with E-state index in [-0.39, 0.29) is 36.1 Å². The lowest BCUT2D eigenvalue weighted by Crippen LogP contribution is -2.28. The molecule has 1 saturated heterocycles. The third kappa shape index (κ3) is 7.94. The Hall–Kier alpha value is -4.90. The molecule has 4 atom stereocenters. The zero-order valence-electron chi connectivity index (χ0n) is 28.0. The number of nitrogens with zero attached hydrogens (tertiary/aromatic N) is 1. The van der Waals surface area contributed by atoms with Crippen LogP contribution in [0, 0.1) is 11.8 Å². The fraction of sp³-hybridized carbons (Fsp3) is 0.350. The molecular weight excluding hydrogens is 632 g/mol.